The number of rotatable bonds is 1. The molecule has 0 unspecified atom stereocenters. The summed E-state index contributed by atoms with van der Waals surface area (Å²) in [6, 6.07) is 6.61. The second kappa shape index (κ2) is 4.97. The van der Waals surface area contributed by atoms with Gasteiger partial charge in [-0.3, -0.25) is 4.79 Å². The number of carbonyl (C=O) groups excluding carboxylic acids is 1. The second-order valence-electron chi connectivity index (χ2n) is 7.49. The number of benzene rings is 1. The number of hydrogen-bond donors (Lipinski definition) is 0. The van der Waals surface area contributed by atoms with Gasteiger partial charge in [0, 0.05) is 12.8 Å². The zero-order chi connectivity index (χ0) is 15.3. The number of Topliss-reactive ketones (excluding diaryl/α,β-unsaturated/α-hetero) is 1. The lowest BCUT2D eigenvalue weighted by molar-refractivity contribution is -0.121. The van der Waals surface area contributed by atoms with Crippen molar-refractivity contribution in [2.24, 2.45) is 11.3 Å². The molecule has 0 bridgehead atoms. The van der Waals surface area contributed by atoms with E-state index in [1.165, 1.54) is 24.0 Å². The molecule has 2 heteroatoms. The Morgan fingerprint density at radius 3 is 2.91 bits per heavy atom. The minimum atomic E-state index is 0.139. The van der Waals surface area contributed by atoms with E-state index < -0.39 is 0 Å². The summed E-state index contributed by atoms with van der Waals surface area (Å²) in [5, 5.41) is 0. The zero-order valence-corrected chi connectivity index (χ0v) is 13.5. The molecule has 2 nitrogen and oxygen atoms in total. The quantitative estimate of drug-likeness (QED) is 0.717. The van der Waals surface area contributed by atoms with Gasteiger partial charge in [0.1, 0.15) is 11.5 Å². The average Bonchev–Trinajstić information content (AvgIpc) is 2.52. The molecule has 0 spiro atoms. The first-order valence-corrected chi connectivity index (χ1v) is 8.50. The molecule has 1 aromatic rings. The van der Waals surface area contributed by atoms with Crippen LogP contribution in [0.4, 0.5) is 0 Å². The normalized spacial score (nSPS) is 33.4. The van der Waals surface area contributed by atoms with Crippen molar-refractivity contribution in [3.05, 3.63) is 41.0 Å². The highest BCUT2D eigenvalue weighted by Crippen LogP contribution is 2.57. The number of ether oxygens (including phenoxy) is 1. The van der Waals surface area contributed by atoms with Crippen molar-refractivity contribution >= 4 is 5.78 Å². The van der Waals surface area contributed by atoms with Gasteiger partial charge < -0.3 is 4.74 Å². The van der Waals surface area contributed by atoms with E-state index >= 15 is 0 Å². The van der Waals surface area contributed by atoms with Gasteiger partial charge in [-0.1, -0.05) is 24.6 Å². The lowest BCUT2D eigenvalue weighted by Gasteiger charge is -2.49. The molecular formula is C20H24O2. The maximum atomic E-state index is 11.9. The van der Waals surface area contributed by atoms with Gasteiger partial charge in [0.15, 0.2) is 0 Å². The van der Waals surface area contributed by atoms with Crippen molar-refractivity contribution in [3.8, 4) is 5.75 Å². The van der Waals surface area contributed by atoms with Gasteiger partial charge in [0.05, 0.1) is 7.11 Å². The van der Waals surface area contributed by atoms with Gasteiger partial charge in [-0.15, -0.1) is 0 Å². The van der Waals surface area contributed by atoms with E-state index in [1.54, 1.807) is 12.7 Å². The number of hydrogen-bond acceptors (Lipinski definition) is 2. The molecule has 3 aliphatic rings. The molecule has 1 fully saturated rings. The monoisotopic (exact) mass is 296 g/mol. The second-order valence-corrected chi connectivity index (χ2v) is 7.49. The van der Waals surface area contributed by atoms with Gasteiger partial charge in [0.2, 0.25) is 0 Å². The standard InChI is InChI=1S/C20H24O2/c1-20-10-9-17-16-7-5-15(22-2)11-13(16)3-6-18(17)19(20)8-4-14(21)12-20/h5,7-8,11,17-18H,3-4,6,9-10,12H2,1-2H3/t17-,18-,20+/m0/s1. The molecule has 4 rings (SSSR count). The number of carbonyl (C=O) groups is 1. The third kappa shape index (κ3) is 2.04. The molecule has 1 aromatic carbocycles. The van der Waals surface area contributed by atoms with Crippen LogP contribution < -0.4 is 4.74 Å². The highest BCUT2D eigenvalue weighted by Gasteiger charge is 2.46. The minimum absolute atomic E-state index is 0.139. The van der Waals surface area contributed by atoms with E-state index in [2.05, 4.69) is 31.2 Å². The maximum absolute atomic E-state index is 11.9. The Morgan fingerprint density at radius 2 is 2.09 bits per heavy atom. The Balaban J connectivity index is 1.72. The molecule has 0 aromatic heterocycles. The largest absolute Gasteiger partial charge is 0.497 e. The summed E-state index contributed by atoms with van der Waals surface area (Å²) in [4.78, 5) is 11.9. The first kappa shape index (κ1) is 14.0. The minimum Gasteiger partial charge on any atom is -0.497 e. The molecule has 3 atom stereocenters. The van der Waals surface area contributed by atoms with Crippen molar-refractivity contribution < 1.29 is 9.53 Å². The van der Waals surface area contributed by atoms with E-state index in [1.807, 2.05) is 0 Å². The topological polar surface area (TPSA) is 26.3 Å². The van der Waals surface area contributed by atoms with E-state index in [-0.39, 0.29) is 5.41 Å². The number of aryl methyl sites for hydroxylation is 1. The molecule has 0 N–H and O–H groups in total. The van der Waals surface area contributed by atoms with Crippen LogP contribution in [0, 0.1) is 11.3 Å². The highest BCUT2D eigenvalue weighted by molar-refractivity contribution is 5.82. The maximum Gasteiger partial charge on any atom is 0.137 e. The molecule has 0 heterocycles. The van der Waals surface area contributed by atoms with Crippen LogP contribution in [0.5, 0.6) is 5.75 Å². The molecule has 116 valence electrons. The van der Waals surface area contributed by atoms with Gasteiger partial charge in [0.25, 0.3) is 0 Å². The summed E-state index contributed by atoms with van der Waals surface area (Å²) in [5.41, 5.74) is 4.72. The Labute approximate surface area is 132 Å². The summed E-state index contributed by atoms with van der Waals surface area (Å²) in [7, 11) is 1.74. The van der Waals surface area contributed by atoms with Gasteiger partial charge in [-0.2, -0.15) is 0 Å². The van der Waals surface area contributed by atoms with E-state index in [0.29, 0.717) is 24.0 Å². The van der Waals surface area contributed by atoms with Gasteiger partial charge in [-0.25, -0.2) is 0 Å². The molecular weight excluding hydrogens is 272 g/mol. The summed E-state index contributed by atoms with van der Waals surface area (Å²) in [6.45, 7) is 2.32. The number of ketones is 1. The fourth-order valence-electron chi connectivity index (χ4n) is 5.13. The fraction of sp³-hybridized carbons (Fsp3) is 0.550. The van der Waals surface area contributed by atoms with Crippen molar-refractivity contribution in [3.63, 3.8) is 0 Å². The van der Waals surface area contributed by atoms with Crippen molar-refractivity contribution in [1.82, 2.24) is 0 Å². The Bertz CT molecular complexity index is 658. The van der Waals surface area contributed by atoms with Crippen molar-refractivity contribution in [2.75, 3.05) is 7.11 Å². The van der Waals surface area contributed by atoms with E-state index in [9.17, 15) is 4.79 Å². The third-order valence-electron chi connectivity index (χ3n) is 6.20. The van der Waals surface area contributed by atoms with E-state index in [4.69, 9.17) is 4.74 Å². The third-order valence-corrected chi connectivity index (χ3v) is 6.20. The summed E-state index contributed by atoms with van der Waals surface area (Å²) in [6.07, 6.45) is 8.41. The molecule has 0 aliphatic heterocycles. The molecule has 1 saturated carbocycles. The zero-order valence-electron chi connectivity index (χ0n) is 13.5. The SMILES string of the molecule is COc1ccc2c(c1)CC[C@@H]1C3=CCC(=O)C[C@@]3(C)CC[C@@H]21. The molecule has 22 heavy (non-hydrogen) atoms. The molecule has 0 saturated heterocycles. The van der Waals surface area contributed by atoms with Crippen LogP contribution in [0.2, 0.25) is 0 Å². The lowest BCUT2D eigenvalue weighted by Crippen LogP contribution is -2.39. The van der Waals surface area contributed by atoms with Crippen molar-refractivity contribution in [2.45, 2.75) is 51.4 Å². The van der Waals surface area contributed by atoms with Crippen LogP contribution in [-0.4, -0.2) is 12.9 Å². The van der Waals surface area contributed by atoms with Gasteiger partial charge in [-0.05, 0) is 66.2 Å². The smallest absolute Gasteiger partial charge is 0.137 e. The molecule has 3 aliphatic carbocycles. The molecule has 0 radical (unpaired) electrons. The Morgan fingerprint density at radius 1 is 1.23 bits per heavy atom. The lowest BCUT2D eigenvalue weighted by atomic mass is 9.55. The number of allylic oxidation sites excluding steroid dienone is 2. The highest BCUT2D eigenvalue weighted by atomic mass is 16.5. The number of fused-ring (bicyclic) bond motifs is 5. The van der Waals surface area contributed by atoms with Crippen LogP contribution in [0.3, 0.4) is 0 Å². The van der Waals surface area contributed by atoms with Crippen LogP contribution in [0.1, 0.15) is 56.1 Å². The van der Waals surface area contributed by atoms with Crippen LogP contribution in [0.15, 0.2) is 29.8 Å². The fourth-order valence-corrected chi connectivity index (χ4v) is 5.13. The van der Waals surface area contributed by atoms with Gasteiger partial charge >= 0.3 is 0 Å². The number of methoxy groups -OCH3 is 1. The Hall–Kier alpha value is -1.57. The average molecular weight is 296 g/mol. The summed E-state index contributed by atoms with van der Waals surface area (Å²) in [5.74, 6) is 2.68. The van der Waals surface area contributed by atoms with Crippen LogP contribution >= 0.6 is 0 Å². The van der Waals surface area contributed by atoms with Crippen molar-refractivity contribution in [1.29, 1.82) is 0 Å². The molecule has 0 amide bonds. The van der Waals surface area contributed by atoms with Crippen LogP contribution in [0.25, 0.3) is 0 Å². The Kier molecular flexibility index (Phi) is 3.18. The first-order valence-electron chi connectivity index (χ1n) is 8.50. The first-order chi connectivity index (χ1) is 10.6. The summed E-state index contributed by atoms with van der Waals surface area (Å²) < 4.78 is 5.38. The predicted molar refractivity (Wildman–Crippen MR) is 87.2 cm³/mol. The van der Waals surface area contributed by atoms with E-state index in [0.717, 1.165) is 25.0 Å². The van der Waals surface area contributed by atoms with Crippen LogP contribution in [-0.2, 0) is 11.2 Å². The summed E-state index contributed by atoms with van der Waals surface area (Å²) >= 11 is 0. The predicted octanol–water partition coefficient (Wildman–Crippen LogP) is 4.43.